The van der Waals surface area contributed by atoms with Gasteiger partial charge in [-0.25, -0.2) is 0 Å². The number of carbonyl (C=O) groups excluding carboxylic acids is 1. The summed E-state index contributed by atoms with van der Waals surface area (Å²) in [5.41, 5.74) is 3.14. The maximum Gasteiger partial charge on any atom is 0.240 e. The Labute approximate surface area is 158 Å². The molecule has 1 aromatic heterocycles. The minimum Gasteiger partial charge on any atom is -0.348 e. The third-order valence-corrected chi connectivity index (χ3v) is 5.49. The highest BCUT2D eigenvalue weighted by molar-refractivity contribution is 8.00. The highest BCUT2D eigenvalue weighted by Gasteiger charge is 2.26. The number of nitrogens with zero attached hydrogens (tertiary/aromatic N) is 4. The Hall–Kier alpha value is -2.60. The molecule has 0 saturated carbocycles. The zero-order valence-corrected chi connectivity index (χ0v) is 16.2. The van der Waals surface area contributed by atoms with E-state index < -0.39 is 0 Å². The van der Waals surface area contributed by atoms with Gasteiger partial charge in [0.15, 0.2) is 11.0 Å². The van der Waals surface area contributed by atoms with Gasteiger partial charge in [-0.05, 0) is 18.1 Å². The fourth-order valence-electron chi connectivity index (χ4n) is 2.70. The van der Waals surface area contributed by atoms with Gasteiger partial charge >= 0.3 is 0 Å². The summed E-state index contributed by atoms with van der Waals surface area (Å²) in [6, 6.07) is 17.9. The molecule has 0 saturated heterocycles. The van der Waals surface area contributed by atoms with Crippen LogP contribution in [0.3, 0.4) is 0 Å². The molecule has 3 aromatic rings. The first kappa shape index (κ1) is 18.2. The predicted molar refractivity (Wildman–Crippen MR) is 105 cm³/mol. The summed E-state index contributed by atoms with van der Waals surface area (Å²) in [4.78, 5) is 14.4. The number of amides is 1. The maximum atomic E-state index is 12.7. The standard InChI is InChI=1S/C20H22N4OS/c1-14-10-8-9-13-16(14)18-21-22-20(24(18)4)26-17(19(25)23(2)3)15-11-6-5-7-12-15/h5-13,17H,1-4H3/t17-/m0/s1. The molecular weight excluding hydrogens is 344 g/mol. The van der Waals surface area contributed by atoms with Crippen LogP contribution in [0.15, 0.2) is 59.8 Å². The Kier molecular flexibility index (Phi) is 5.42. The van der Waals surface area contributed by atoms with Crippen molar-refractivity contribution >= 4 is 17.7 Å². The van der Waals surface area contributed by atoms with Gasteiger partial charge in [0.05, 0.1) is 0 Å². The summed E-state index contributed by atoms with van der Waals surface area (Å²) in [6.07, 6.45) is 0. The van der Waals surface area contributed by atoms with Crippen LogP contribution < -0.4 is 0 Å². The number of carbonyl (C=O) groups is 1. The molecule has 0 aliphatic carbocycles. The second-order valence-corrected chi connectivity index (χ2v) is 7.39. The van der Waals surface area contributed by atoms with Crippen LogP contribution >= 0.6 is 11.8 Å². The van der Waals surface area contributed by atoms with E-state index >= 15 is 0 Å². The largest absolute Gasteiger partial charge is 0.348 e. The average Bonchev–Trinajstić information content (AvgIpc) is 3.00. The van der Waals surface area contributed by atoms with Gasteiger partial charge < -0.3 is 9.47 Å². The number of thioether (sulfide) groups is 1. The molecule has 2 aromatic carbocycles. The van der Waals surface area contributed by atoms with Gasteiger partial charge in [0, 0.05) is 26.7 Å². The van der Waals surface area contributed by atoms with Crippen molar-refractivity contribution < 1.29 is 4.79 Å². The predicted octanol–water partition coefficient (Wildman–Crippen LogP) is 3.71. The molecule has 0 spiro atoms. The molecule has 0 unspecified atom stereocenters. The number of benzene rings is 2. The Bertz CT molecular complexity index is 905. The number of hydrogen-bond acceptors (Lipinski definition) is 4. The molecule has 1 amide bonds. The first-order valence-corrected chi connectivity index (χ1v) is 9.25. The lowest BCUT2D eigenvalue weighted by atomic mass is 10.1. The average molecular weight is 366 g/mol. The van der Waals surface area contributed by atoms with Crippen molar-refractivity contribution in [3.8, 4) is 11.4 Å². The molecular formula is C20H22N4OS. The summed E-state index contributed by atoms with van der Waals surface area (Å²) in [6.45, 7) is 2.05. The summed E-state index contributed by atoms with van der Waals surface area (Å²) in [5, 5.41) is 9.06. The van der Waals surface area contributed by atoms with E-state index in [0.29, 0.717) is 5.16 Å². The Morgan fingerprint density at radius 1 is 1.04 bits per heavy atom. The van der Waals surface area contributed by atoms with E-state index in [1.54, 1.807) is 19.0 Å². The van der Waals surface area contributed by atoms with E-state index in [4.69, 9.17) is 0 Å². The van der Waals surface area contributed by atoms with Gasteiger partial charge in [0.1, 0.15) is 5.25 Å². The Balaban J connectivity index is 1.96. The van der Waals surface area contributed by atoms with E-state index in [1.807, 2.05) is 60.1 Å². The molecule has 134 valence electrons. The molecule has 3 rings (SSSR count). The van der Waals surface area contributed by atoms with Gasteiger partial charge in [-0.15, -0.1) is 10.2 Å². The van der Waals surface area contributed by atoms with E-state index in [-0.39, 0.29) is 11.2 Å². The molecule has 0 fully saturated rings. The third kappa shape index (κ3) is 3.65. The second kappa shape index (κ2) is 7.74. The van der Waals surface area contributed by atoms with Gasteiger partial charge in [0.2, 0.25) is 5.91 Å². The number of aryl methyl sites for hydroxylation is 1. The quantitative estimate of drug-likeness (QED) is 0.646. The van der Waals surface area contributed by atoms with Crippen LogP contribution in [-0.4, -0.2) is 39.7 Å². The van der Waals surface area contributed by atoms with Crippen LogP contribution in [0, 0.1) is 6.92 Å². The van der Waals surface area contributed by atoms with E-state index in [9.17, 15) is 4.79 Å². The minimum absolute atomic E-state index is 0.0293. The van der Waals surface area contributed by atoms with Crippen LogP contribution in [-0.2, 0) is 11.8 Å². The maximum absolute atomic E-state index is 12.7. The molecule has 0 radical (unpaired) electrons. The van der Waals surface area contributed by atoms with E-state index in [0.717, 1.165) is 22.5 Å². The van der Waals surface area contributed by atoms with Crippen molar-refractivity contribution in [2.24, 2.45) is 7.05 Å². The molecule has 0 aliphatic heterocycles. The van der Waals surface area contributed by atoms with Crippen molar-refractivity contribution in [2.75, 3.05) is 14.1 Å². The summed E-state index contributed by atoms with van der Waals surface area (Å²) >= 11 is 1.42. The first-order chi connectivity index (χ1) is 12.5. The number of likely N-dealkylation sites (N-methyl/N-ethyl adjacent to an activating group) is 1. The van der Waals surface area contributed by atoms with Crippen LogP contribution in [0.1, 0.15) is 16.4 Å². The van der Waals surface area contributed by atoms with Gasteiger partial charge in [-0.1, -0.05) is 66.4 Å². The van der Waals surface area contributed by atoms with Crippen LogP contribution in [0.2, 0.25) is 0 Å². The van der Waals surface area contributed by atoms with Crippen molar-refractivity contribution in [2.45, 2.75) is 17.3 Å². The molecule has 0 bridgehead atoms. The van der Waals surface area contributed by atoms with Crippen LogP contribution in [0.5, 0.6) is 0 Å². The normalized spacial score (nSPS) is 12.0. The Morgan fingerprint density at radius 2 is 1.69 bits per heavy atom. The fraction of sp³-hybridized carbons (Fsp3) is 0.250. The molecule has 5 nitrogen and oxygen atoms in total. The lowest BCUT2D eigenvalue weighted by Crippen LogP contribution is -2.26. The number of rotatable bonds is 5. The van der Waals surface area contributed by atoms with Crippen molar-refractivity contribution in [1.29, 1.82) is 0 Å². The second-order valence-electron chi connectivity index (χ2n) is 6.32. The Morgan fingerprint density at radius 3 is 2.35 bits per heavy atom. The third-order valence-electron chi connectivity index (χ3n) is 4.21. The number of hydrogen-bond donors (Lipinski definition) is 0. The minimum atomic E-state index is -0.362. The smallest absolute Gasteiger partial charge is 0.240 e. The number of aromatic nitrogens is 3. The summed E-state index contributed by atoms with van der Waals surface area (Å²) < 4.78 is 1.95. The SMILES string of the molecule is Cc1ccccc1-c1nnc(S[C@H](C(=O)N(C)C)c2ccccc2)n1C. The molecule has 0 N–H and O–H groups in total. The van der Waals surface area contributed by atoms with E-state index in [1.165, 1.54) is 11.8 Å². The van der Waals surface area contributed by atoms with Crippen molar-refractivity contribution in [3.05, 3.63) is 65.7 Å². The summed E-state index contributed by atoms with van der Waals surface area (Å²) in [5.74, 6) is 0.830. The van der Waals surface area contributed by atoms with Crippen molar-refractivity contribution in [1.82, 2.24) is 19.7 Å². The van der Waals surface area contributed by atoms with Gasteiger partial charge in [-0.3, -0.25) is 4.79 Å². The zero-order chi connectivity index (χ0) is 18.7. The fourth-order valence-corrected chi connectivity index (χ4v) is 3.85. The molecule has 6 heteroatoms. The van der Waals surface area contributed by atoms with Crippen LogP contribution in [0.4, 0.5) is 0 Å². The van der Waals surface area contributed by atoms with E-state index in [2.05, 4.69) is 23.2 Å². The highest BCUT2D eigenvalue weighted by atomic mass is 32.2. The molecule has 26 heavy (non-hydrogen) atoms. The highest BCUT2D eigenvalue weighted by Crippen LogP contribution is 2.36. The monoisotopic (exact) mass is 366 g/mol. The zero-order valence-electron chi connectivity index (χ0n) is 15.4. The van der Waals surface area contributed by atoms with Crippen LogP contribution in [0.25, 0.3) is 11.4 Å². The molecule has 0 aliphatic rings. The van der Waals surface area contributed by atoms with Crippen molar-refractivity contribution in [3.63, 3.8) is 0 Å². The summed E-state index contributed by atoms with van der Waals surface area (Å²) in [7, 11) is 5.48. The van der Waals surface area contributed by atoms with Gasteiger partial charge in [0.25, 0.3) is 0 Å². The molecule has 1 atom stereocenters. The first-order valence-electron chi connectivity index (χ1n) is 8.37. The van der Waals surface area contributed by atoms with Gasteiger partial charge in [-0.2, -0.15) is 0 Å². The lowest BCUT2D eigenvalue weighted by Gasteiger charge is -2.20. The molecule has 1 heterocycles. The lowest BCUT2D eigenvalue weighted by molar-refractivity contribution is -0.128. The topological polar surface area (TPSA) is 51.0 Å².